The highest BCUT2D eigenvalue weighted by Crippen LogP contribution is 2.28. The minimum Gasteiger partial charge on any atom is -0.382 e. The van der Waals surface area contributed by atoms with E-state index in [4.69, 9.17) is 11.5 Å². The average Bonchev–Trinajstić information content (AvgIpc) is 2.79. The predicted molar refractivity (Wildman–Crippen MR) is 78.6 cm³/mol. The Morgan fingerprint density at radius 1 is 1.50 bits per heavy atom. The zero-order valence-electron chi connectivity index (χ0n) is 11.4. The molecule has 0 aliphatic carbocycles. The van der Waals surface area contributed by atoms with E-state index in [0.29, 0.717) is 29.5 Å². The first-order valence-electron chi connectivity index (χ1n) is 6.65. The van der Waals surface area contributed by atoms with Crippen LogP contribution in [0.1, 0.15) is 35.9 Å². The molecule has 8 heteroatoms. The van der Waals surface area contributed by atoms with Gasteiger partial charge < -0.3 is 21.7 Å². The first-order valence-corrected chi connectivity index (χ1v) is 7.46. The number of nitrogens with two attached hydrogens (primary N) is 2. The van der Waals surface area contributed by atoms with Crippen molar-refractivity contribution >= 4 is 34.1 Å². The molecule has 2 heterocycles. The molecule has 1 aliphatic rings. The number of carbonyl (C=O) groups is 2. The first kappa shape index (κ1) is 14.6. The van der Waals surface area contributed by atoms with Crippen LogP contribution in [0.2, 0.25) is 0 Å². The summed E-state index contributed by atoms with van der Waals surface area (Å²) in [7, 11) is 0. The summed E-state index contributed by atoms with van der Waals surface area (Å²) >= 11 is 1.21. The molecule has 20 heavy (non-hydrogen) atoms. The van der Waals surface area contributed by atoms with Gasteiger partial charge in [0.1, 0.15) is 16.7 Å². The van der Waals surface area contributed by atoms with Crippen molar-refractivity contribution < 1.29 is 9.59 Å². The SMILES string of the molecule is CCNc1nc(N)c(C(=O)N2CCCCC2C(N)=O)s1. The highest BCUT2D eigenvalue weighted by atomic mass is 32.1. The standard InChI is InChI=1S/C12H19N5O2S/c1-2-15-12-16-9(13)8(20-12)11(19)17-6-4-3-5-7(17)10(14)18/h7H,2-6,13H2,1H3,(H2,14,18)(H,15,16). The molecular weight excluding hydrogens is 278 g/mol. The minimum absolute atomic E-state index is 0.199. The zero-order chi connectivity index (χ0) is 14.7. The van der Waals surface area contributed by atoms with Gasteiger partial charge in [-0.2, -0.15) is 0 Å². The summed E-state index contributed by atoms with van der Waals surface area (Å²) in [4.78, 5) is 30.0. The molecule has 7 nitrogen and oxygen atoms in total. The normalized spacial score (nSPS) is 18.9. The van der Waals surface area contributed by atoms with Gasteiger partial charge in [0.05, 0.1) is 0 Å². The highest BCUT2D eigenvalue weighted by Gasteiger charge is 2.33. The van der Waals surface area contributed by atoms with Crippen LogP contribution in [0.25, 0.3) is 0 Å². The fourth-order valence-electron chi connectivity index (χ4n) is 2.31. The first-order chi connectivity index (χ1) is 9.54. The number of amides is 2. The Labute approximate surface area is 121 Å². The number of likely N-dealkylation sites (tertiary alicyclic amines) is 1. The molecule has 2 rings (SSSR count). The second-order valence-electron chi connectivity index (χ2n) is 4.68. The van der Waals surface area contributed by atoms with Crippen LogP contribution >= 0.6 is 11.3 Å². The van der Waals surface area contributed by atoms with Crippen LogP contribution in [0.5, 0.6) is 0 Å². The van der Waals surface area contributed by atoms with E-state index in [1.54, 1.807) is 0 Å². The lowest BCUT2D eigenvalue weighted by Gasteiger charge is -2.33. The predicted octanol–water partition coefficient (Wildman–Crippen LogP) is 0.637. The quantitative estimate of drug-likeness (QED) is 0.754. The van der Waals surface area contributed by atoms with Crippen molar-refractivity contribution in [3.63, 3.8) is 0 Å². The maximum absolute atomic E-state index is 12.5. The van der Waals surface area contributed by atoms with Gasteiger partial charge in [0, 0.05) is 13.1 Å². The number of thiazole rings is 1. The van der Waals surface area contributed by atoms with Gasteiger partial charge in [-0.25, -0.2) is 4.98 Å². The third-order valence-corrected chi connectivity index (χ3v) is 4.28. The fourth-order valence-corrected chi connectivity index (χ4v) is 3.22. The number of rotatable bonds is 4. The van der Waals surface area contributed by atoms with E-state index in [9.17, 15) is 9.59 Å². The van der Waals surface area contributed by atoms with Crippen LogP contribution in [0.3, 0.4) is 0 Å². The number of nitrogens with zero attached hydrogens (tertiary/aromatic N) is 2. The molecule has 0 radical (unpaired) electrons. The number of hydrogen-bond donors (Lipinski definition) is 3. The van der Waals surface area contributed by atoms with Crippen molar-refractivity contribution in [3.05, 3.63) is 4.88 Å². The minimum atomic E-state index is -0.541. The lowest BCUT2D eigenvalue weighted by atomic mass is 10.0. The van der Waals surface area contributed by atoms with Crippen LogP contribution in [0, 0.1) is 0 Å². The van der Waals surface area contributed by atoms with Crippen molar-refractivity contribution in [2.45, 2.75) is 32.2 Å². The summed E-state index contributed by atoms with van der Waals surface area (Å²) in [5, 5.41) is 3.64. The fraction of sp³-hybridized carbons (Fsp3) is 0.583. The number of piperidine rings is 1. The smallest absolute Gasteiger partial charge is 0.268 e. The average molecular weight is 297 g/mol. The molecule has 1 saturated heterocycles. The van der Waals surface area contributed by atoms with E-state index in [2.05, 4.69) is 10.3 Å². The van der Waals surface area contributed by atoms with Gasteiger partial charge >= 0.3 is 0 Å². The van der Waals surface area contributed by atoms with E-state index < -0.39 is 11.9 Å². The summed E-state index contributed by atoms with van der Waals surface area (Å²) in [6, 6.07) is -0.541. The molecule has 110 valence electrons. The summed E-state index contributed by atoms with van der Waals surface area (Å²) in [6.07, 6.45) is 2.38. The van der Waals surface area contributed by atoms with Gasteiger partial charge in [-0.1, -0.05) is 11.3 Å². The topological polar surface area (TPSA) is 114 Å². The largest absolute Gasteiger partial charge is 0.382 e. The maximum Gasteiger partial charge on any atom is 0.268 e. The third-order valence-electron chi connectivity index (χ3n) is 3.27. The molecule has 1 fully saturated rings. The molecule has 1 atom stereocenters. The lowest BCUT2D eigenvalue weighted by Crippen LogP contribution is -2.50. The number of aromatic nitrogens is 1. The van der Waals surface area contributed by atoms with Crippen LogP contribution in [0.15, 0.2) is 0 Å². The van der Waals surface area contributed by atoms with Gasteiger partial charge in [-0.05, 0) is 26.2 Å². The van der Waals surface area contributed by atoms with Gasteiger partial charge in [0.2, 0.25) is 5.91 Å². The van der Waals surface area contributed by atoms with Crippen molar-refractivity contribution in [1.82, 2.24) is 9.88 Å². The Morgan fingerprint density at radius 3 is 2.90 bits per heavy atom. The summed E-state index contributed by atoms with van der Waals surface area (Å²) < 4.78 is 0. The molecular formula is C12H19N5O2S. The number of nitrogen functional groups attached to an aromatic ring is 1. The van der Waals surface area contributed by atoms with Gasteiger partial charge in [0.15, 0.2) is 5.13 Å². The zero-order valence-corrected chi connectivity index (χ0v) is 12.2. The van der Waals surface area contributed by atoms with E-state index in [0.717, 1.165) is 12.8 Å². The van der Waals surface area contributed by atoms with E-state index in [1.165, 1.54) is 16.2 Å². The monoisotopic (exact) mass is 297 g/mol. The van der Waals surface area contributed by atoms with Crippen LogP contribution < -0.4 is 16.8 Å². The second kappa shape index (κ2) is 6.08. The Morgan fingerprint density at radius 2 is 2.25 bits per heavy atom. The van der Waals surface area contributed by atoms with E-state index in [-0.39, 0.29) is 11.7 Å². The molecule has 0 bridgehead atoms. The van der Waals surface area contributed by atoms with E-state index in [1.807, 2.05) is 6.92 Å². The molecule has 5 N–H and O–H groups in total. The molecule has 0 saturated carbocycles. The third kappa shape index (κ3) is 2.84. The molecule has 0 aromatic carbocycles. The number of carbonyl (C=O) groups excluding carboxylic acids is 2. The van der Waals surface area contributed by atoms with Gasteiger partial charge in [0.25, 0.3) is 5.91 Å². The lowest BCUT2D eigenvalue weighted by molar-refractivity contribution is -0.123. The van der Waals surface area contributed by atoms with Crippen LogP contribution in [-0.4, -0.2) is 40.8 Å². The van der Waals surface area contributed by atoms with Crippen LogP contribution in [-0.2, 0) is 4.79 Å². The number of anilines is 2. The summed E-state index contributed by atoms with van der Waals surface area (Å²) in [6.45, 7) is 3.17. The Kier molecular flexibility index (Phi) is 4.43. The van der Waals surface area contributed by atoms with Crippen LogP contribution in [0.4, 0.5) is 10.9 Å². The van der Waals surface area contributed by atoms with Crippen molar-refractivity contribution in [2.24, 2.45) is 5.73 Å². The molecule has 1 aromatic heterocycles. The van der Waals surface area contributed by atoms with Crippen molar-refractivity contribution in [1.29, 1.82) is 0 Å². The highest BCUT2D eigenvalue weighted by molar-refractivity contribution is 7.18. The maximum atomic E-state index is 12.5. The Balaban J connectivity index is 2.22. The summed E-state index contributed by atoms with van der Waals surface area (Å²) in [5.41, 5.74) is 11.2. The number of nitrogens with one attached hydrogen (secondary N) is 1. The number of primary amides is 1. The molecule has 2 amide bonds. The molecule has 0 spiro atoms. The number of hydrogen-bond acceptors (Lipinski definition) is 6. The summed E-state index contributed by atoms with van der Waals surface area (Å²) in [5.74, 6) is -0.523. The second-order valence-corrected chi connectivity index (χ2v) is 5.68. The van der Waals surface area contributed by atoms with Crippen molar-refractivity contribution in [2.75, 3.05) is 24.1 Å². The molecule has 1 unspecified atom stereocenters. The van der Waals surface area contributed by atoms with E-state index >= 15 is 0 Å². The van der Waals surface area contributed by atoms with Gasteiger partial charge in [-0.15, -0.1) is 0 Å². The molecule has 1 aromatic rings. The van der Waals surface area contributed by atoms with Crippen molar-refractivity contribution in [3.8, 4) is 0 Å². The Bertz CT molecular complexity index is 516. The molecule has 1 aliphatic heterocycles. The Hall–Kier alpha value is -1.83. The van der Waals surface area contributed by atoms with Gasteiger partial charge in [-0.3, -0.25) is 9.59 Å².